The molecule has 0 saturated heterocycles. The van der Waals surface area contributed by atoms with Crippen molar-refractivity contribution in [3.8, 4) is 0 Å². The molecule has 2 unspecified atom stereocenters. The van der Waals surface area contributed by atoms with Gasteiger partial charge in [-0.2, -0.15) is 0 Å². The zero-order valence-corrected chi connectivity index (χ0v) is 17.3. The smallest absolute Gasteiger partial charge is 0.310 e. The van der Waals surface area contributed by atoms with Crippen molar-refractivity contribution in [2.24, 2.45) is 11.8 Å². The van der Waals surface area contributed by atoms with E-state index in [1.54, 1.807) is 0 Å². The van der Waals surface area contributed by atoms with Gasteiger partial charge in [0.15, 0.2) is 0 Å². The first-order valence-electron chi connectivity index (χ1n) is 10.5. The third-order valence-corrected chi connectivity index (χ3v) is 5.36. The molecule has 0 bridgehead atoms. The molecule has 0 saturated carbocycles. The van der Waals surface area contributed by atoms with Crippen molar-refractivity contribution in [3.63, 3.8) is 0 Å². The lowest BCUT2D eigenvalue weighted by Crippen LogP contribution is -2.35. The van der Waals surface area contributed by atoms with Gasteiger partial charge in [-0.25, -0.2) is 0 Å². The Morgan fingerprint density at radius 3 is 1.46 bits per heavy atom. The molecule has 26 heavy (non-hydrogen) atoms. The van der Waals surface area contributed by atoms with Gasteiger partial charge in [-0.3, -0.25) is 9.59 Å². The van der Waals surface area contributed by atoms with Crippen LogP contribution in [0.4, 0.5) is 0 Å². The van der Waals surface area contributed by atoms with E-state index in [1.807, 2.05) is 13.8 Å². The van der Waals surface area contributed by atoms with E-state index in [4.69, 9.17) is 9.47 Å². The molecule has 0 aliphatic heterocycles. The summed E-state index contributed by atoms with van der Waals surface area (Å²) in [5, 5.41) is 0. The second-order valence-corrected chi connectivity index (χ2v) is 7.64. The predicted molar refractivity (Wildman–Crippen MR) is 105 cm³/mol. The highest BCUT2D eigenvalue weighted by molar-refractivity contribution is 5.83. The Balaban J connectivity index is 2.55. The molecule has 4 heteroatoms. The van der Waals surface area contributed by atoms with Gasteiger partial charge in [-0.1, -0.05) is 63.5 Å². The number of carbonyl (C=O) groups is 2. The Morgan fingerprint density at radius 1 is 0.731 bits per heavy atom. The number of hydrogen-bond acceptors (Lipinski definition) is 4. The number of rotatable bonds is 12. The van der Waals surface area contributed by atoms with Gasteiger partial charge in [-0.05, 0) is 39.5 Å². The monoisotopic (exact) mass is 366 g/mol. The van der Waals surface area contributed by atoms with Crippen molar-refractivity contribution in [2.45, 2.75) is 91.9 Å². The summed E-state index contributed by atoms with van der Waals surface area (Å²) in [5.41, 5.74) is 2.40. The van der Waals surface area contributed by atoms with Gasteiger partial charge < -0.3 is 9.47 Å². The molecule has 0 N–H and O–H groups in total. The average Bonchev–Trinajstić information content (AvgIpc) is 2.62. The second-order valence-electron chi connectivity index (χ2n) is 7.64. The van der Waals surface area contributed by atoms with E-state index in [-0.39, 0.29) is 11.9 Å². The molecule has 0 heterocycles. The number of hydrogen-bond donors (Lipinski definition) is 0. The minimum absolute atomic E-state index is 0.235. The van der Waals surface area contributed by atoms with Gasteiger partial charge in [0.25, 0.3) is 0 Å². The van der Waals surface area contributed by atoms with Crippen LogP contribution in [0.25, 0.3) is 0 Å². The first-order valence-corrected chi connectivity index (χ1v) is 10.5. The maximum Gasteiger partial charge on any atom is 0.310 e. The molecule has 0 aromatic heterocycles. The maximum absolute atomic E-state index is 12.6. The van der Waals surface area contributed by atoms with E-state index in [0.717, 1.165) is 51.4 Å². The molecule has 0 fully saturated rings. The van der Waals surface area contributed by atoms with E-state index in [1.165, 1.54) is 11.1 Å². The van der Waals surface area contributed by atoms with Crippen LogP contribution in [0.5, 0.6) is 0 Å². The van der Waals surface area contributed by atoms with Crippen molar-refractivity contribution >= 4 is 11.9 Å². The summed E-state index contributed by atoms with van der Waals surface area (Å²) in [5.74, 6) is -1.26. The van der Waals surface area contributed by atoms with Crippen molar-refractivity contribution in [1.82, 2.24) is 0 Å². The third kappa shape index (κ3) is 7.92. The SMILES string of the molecule is CCCCCCOC(=O)C1CC(C)=C(C)CC1C(=O)OCCCCCC. The molecule has 150 valence electrons. The van der Waals surface area contributed by atoms with Crippen molar-refractivity contribution in [1.29, 1.82) is 0 Å². The van der Waals surface area contributed by atoms with Crippen LogP contribution in [0.2, 0.25) is 0 Å². The second kappa shape index (κ2) is 12.9. The number of esters is 2. The van der Waals surface area contributed by atoms with Crippen molar-refractivity contribution in [2.75, 3.05) is 13.2 Å². The van der Waals surface area contributed by atoms with Crippen LogP contribution in [-0.2, 0) is 19.1 Å². The fourth-order valence-electron chi connectivity index (χ4n) is 3.41. The molecule has 2 atom stereocenters. The fourth-order valence-corrected chi connectivity index (χ4v) is 3.41. The molecule has 1 aliphatic carbocycles. The molecular weight excluding hydrogens is 328 g/mol. The van der Waals surface area contributed by atoms with Gasteiger partial charge in [0.2, 0.25) is 0 Å². The summed E-state index contributed by atoms with van der Waals surface area (Å²) in [7, 11) is 0. The van der Waals surface area contributed by atoms with Gasteiger partial charge in [-0.15, -0.1) is 0 Å². The van der Waals surface area contributed by atoms with Crippen LogP contribution >= 0.6 is 0 Å². The summed E-state index contributed by atoms with van der Waals surface area (Å²) in [4.78, 5) is 25.1. The van der Waals surface area contributed by atoms with Gasteiger partial charge >= 0.3 is 11.9 Å². The number of carbonyl (C=O) groups excluding carboxylic acids is 2. The molecule has 0 amide bonds. The Kier molecular flexibility index (Phi) is 11.3. The predicted octanol–water partition coefficient (Wildman–Crippen LogP) is 5.60. The van der Waals surface area contributed by atoms with E-state index in [2.05, 4.69) is 13.8 Å². The maximum atomic E-state index is 12.6. The molecule has 1 aliphatic rings. The van der Waals surface area contributed by atoms with Gasteiger partial charge in [0.05, 0.1) is 25.0 Å². The Morgan fingerprint density at radius 2 is 1.12 bits per heavy atom. The normalized spacial score (nSPS) is 20.2. The lowest BCUT2D eigenvalue weighted by Gasteiger charge is -2.30. The topological polar surface area (TPSA) is 52.6 Å². The Hall–Kier alpha value is -1.32. The molecule has 1 rings (SSSR count). The van der Waals surface area contributed by atoms with Gasteiger partial charge in [0.1, 0.15) is 0 Å². The fraction of sp³-hybridized carbons (Fsp3) is 0.818. The number of ether oxygens (including phenoxy) is 2. The van der Waals surface area contributed by atoms with Crippen LogP contribution in [0, 0.1) is 11.8 Å². The van der Waals surface area contributed by atoms with Crippen molar-refractivity contribution < 1.29 is 19.1 Å². The lowest BCUT2D eigenvalue weighted by molar-refractivity contribution is -0.161. The molecule has 0 aromatic carbocycles. The summed E-state index contributed by atoms with van der Waals surface area (Å²) in [6, 6.07) is 0. The van der Waals surface area contributed by atoms with Gasteiger partial charge in [0, 0.05) is 0 Å². The first-order chi connectivity index (χ1) is 12.5. The number of unbranched alkanes of at least 4 members (excludes halogenated alkanes) is 6. The largest absolute Gasteiger partial charge is 0.465 e. The Labute approximate surface area is 159 Å². The quantitative estimate of drug-likeness (QED) is 0.256. The summed E-state index contributed by atoms with van der Waals surface area (Å²) >= 11 is 0. The highest BCUT2D eigenvalue weighted by atomic mass is 16.5. The molecular formula is C22H38O4. The van der Waals surface area contributed by atoms with E-state index in [0.29, 0.717) is 26.1 Å². The zero-order chi connectivity index (χ0) is 19.4. The summed E-state index contributed by atoms with van der Waals surface area (Å²) in [6.07, 6.45) is 9.80. The van der Waals surface area contributed by atoms with Crippen LogP contribution in [0.15, 0.2) is 11.1 Å². The van der Waals surface area contributed by atoms with Crippen LogP contribution < -0.4 is 0 Å². The van der Waals surface area contributed by atoms with E-state index in [9.17, 15) is 9.59 Å². The zero-order valence-electron chi connectivity index (χ0n) is 17.3. The third-order valence-electron chi connectivity index (χ3n) is 5.36. The van der Waals surface area contributed by atoms with Crippen LogP contribution in [-0.4, -0.2) is 25.2 Å². The highest BCUT2D eigenvalue weighted by Gasteiger charge is 2.39. The van der Waals surface area contributed by atoms with E-state index >= 15 is 0 Å². The Bertz CT molecular complexity index is 425. The minimum Gasteiger partial charge on any atom is -0.465 e. The average molecular weight is 367 g/mol. The molecule has 0 radical (unpaired) electrons. The van der Waals surface area contributed by atoms with Crippen LogP contribution in [0.1, 0.15) is 91.9 Å². The molecule has 0 aromatic rings. The minimum atomic E-state index is -0.395. The highest BCUT2D eigenvalue weighted by Crippen LogP contribution is 2.35. The lowest BCUT2D eigenvalue weighted by atomic mass is 9.76. The van der Waals surface area contributed by atoms with Crippen molar-refractivity contribution in [3.05, 3.63) is 11.1 Å². The van der Waals surface area contributed by atoms with E-state index < -0.39 is 11.8 Å². The summed E-state index contributed by atoms with van der Waals surface area (Å²) < 4.78 is 11.0. The molecule has 4 nitrogen and oxygen atoms in total. The molecule has 0 spiro atoms. The first kappa shape index (κ1) is 22.7. The van der Waals surface area contributed by atoms with Crippen LogP contribution in [0.3, 0.4) is 0 Å². The summed E-state index contributed by atoms with van der Waals surface area (Å²) in [6.45, 7) is 9.31. The standard InChI is InChI=1S/C22H38O4/c1-5-7-9-11-13-25-21(23)19-15-17(3)18(4)16-20(19)22(24)26-14-12-10-8-6-2/h19-20H,5-16H2,1-4H3. The number of allylic oxidation sites excluding steroid dienone is 2.